The molecule has 0 aliphatic rings. The minimum Gasteiger partial charge on any atom is -0.432 e. The Hall–Kier alpha value is -2.08. The third-order valence-corrected chi connectivity index (χ3v) is 2.91. The molecule has 0 fully saturated rings. The molecule has 100 valence electrons. The summed E-state index contributed by atoms with van der Waals surface area (Å²) in [6, 6.07) is 5.21. The number of benzene rings is 1. The minimum absolute atomic E-state index is 0.0632. The zero-order chi connectivity index (χ0) is 14.2. The summed E-state index contributed by atoms with van der Waals surface area (Å²) in [7, 11) is 1.58. The molecule has 0 atom stereocenters. The van der Waals surface area contributed by atoms with Gasteiger partial charge in [0, 0.05) is 7.05 Å². The summed E-state index contributed by atoms with van der Waals surface area (Å²) >= 11 is 6.05. The van der Waals surface area contributed by atoms with E-state index in [4.69, 9.17) is 16.3 Å². The number of rotatable bonds is 3. The second kappa shape index (κ2) is 4.89. The molecule has 0 radical (unpaired) electrons. The van der Waals surface area contributed by atoms with Crippen LogP contribution in [0.4, 0.5) is 5.69 Å². The highest BCUT2D eigenvalue weighted by Gasteiger charge is 2.26. The first kappa shape index (κ1) is 13.4. The van der Waals surface area contributed by atoms with Crippen molar-refractivity contribution in [1.29, 1.82) is 0 Å². The first-order valence-corrected chi connectivity index (χ1v) is 5.90. The molecular weight excluding hydrogens is 270 g/mol. The van der Waals surface area contributed by atoms with Crippen LogP contribution in [0.3, 0.4) is 0 Å². The third kappa shape index (κ3) is 2.53. The van der Waals surface area contributed by atoms with Crippen LogP contribution in [0.15, 0.2) is 18.2 Å². The van der Waals surface area contributed by atoms with E-state index in [1.807, 2.05) is 13.0 Å². The fourth-order valence-electron chi connectivity index (χ4n) is 1.74. The van der Waals surface area contributed by atoms with Crippen molar-refractivity contribution >= 4 is 17.3 Å². The summed E-state index contributed by atoms with van der Waals surface area (Å²) in [5.41, 5.74) is 1.12. The highest BCUT2D eigenvalue weighted by molar-refractivity contribution is 6.32. The van der Waals surface area contributed by atoms with Gasteiger partial charge < -0.3 is 4.74 Å². The number of halogens is 1. The van der Waals surface area contributed by atoms with Gasteiger partial charge in [-0.3, -0.25) is 10.1 Å². The molecule has 0 saturated carbocycles. The van der Waals surface area contributed by atoms with Crippen molar-refractivity contribution in [2.45, 2.75) is 13.8 Å². The number of hydrogen-bond acceptors (Lipinski definition) is 4. The van der Waals surface area contributed by atoms with Crippen molar-refractivity contribution in [3.8, 4) is 11.6 Å². The van der Waals surface area contributed by atoms with Crippen LogP contribution in [-0.4, -0.2) is 14.7 Å². The van der Waals surface area contributed by atoms with Crippen LogP contribution >= 0.6 is 11.6 Å². The van der Waals surface area contributed by atoms with Crippen LogP contribution in [0, 0.1) is 24.0 Å². The smallest absolute Gasteiger partial charge is 0.353 e. The molecule has 19 heavy (non-hydrogen) atoms. The first-order valence-electron chi connectivity index (χ1n) is 5.52. The van der Waals surface area contributed by atoms with Gasteiger partial charge in [0.05, 0.1) is 9.95 Å². The second-order valence-corrected chi connectivity index (χ2v) is 4.56. The summed E-state index contributed by atoms with van der Waals surface area (Å²) in [5, 5.41) is 15.4. The van der Waals surface area contributed by atoms with E-state index in [-0.39, 0.29) is 11.6 Å². The van der Waals surface area contributed by atoms with Crippen molar-refractivity contribution < 1.29 is 9.66 Å². The molecule has 0 N–H and O–H groups in total. The van der Waals surface area contributed by atoms with E-state index < -0.39 is 4.92 Å². The summed E-state index contributed by atoms with van der Waals surface area (Å²) in [6.45, 7) is 3.45. The normalized spacial score (nSPS) is 10.5. The Morgan fingerprint density at radius 1 is 1.42 bits per heavy atom. The molecule has 2 aromatic rings. The maximum Gasteiger partial charge on any atom is 0.353 e. The van der Waals surface area contributed by atoms with Crippen LogP contribution in [-0.2, 0) is 7.05 Å². The lowest BCUT2D eigenvalue weighted by Gasteiger charge is -2.07. The lowest BCUT2D eigenvalue weighted by molar-refractivity contribution is -0.386. The molecule has 1 aromatic heterocycles. The quantitative estimate of drug-likeness (QED) is 0.639. The average molecular weight is 282 g/mol. The molecule has 6 nitrogen and oxygen atoms in total. The highest BCUT2D eigenvalue weighted by atomic mass is 35.5. The molecule has 0 aliphatic heterocycles. The van der Waals surface area contributed by atoms with Crippen LogP contribution in [0.25, 0.3) is 0 Å². The van der Waals surface area contributed by atoms with Crippen LogP contribution < -0.4 is 4.74 Å². The van der Waals surface area contributed by atoms with Crippen molar-refractivity contribution in [2.24, 2.45) is 7.05 Å². The lowest BCUT2D eigenvalue weighted by Crippen LogP contribution is -1.98. The summed E-state index contributed by atoms with van der Waals surface area (Å²) < 4.78 is 6.86. The van der Waals surface area contributed by atoms with Crippen LogP contribution in [0.2, 0.25) is 5.02 Å². The van der Waals surface area contributed by atoms with Gasteiger partial charge in [0.25, 0.3) is 5.88 Å². The van der Waals surface area contributed by atoms with E-state index in [0.29, 0.717) is 16.5 Å². The first-order chi connectivity index (χ1) is 8.90. The molecule has 1 heterocycles. The van der Waals surface area contributed by atoms with E-state index in [0.717, 1.165) is 5.56 Å². The van der Waals surface area contributed by atoms with Gasteiger partial charge in [0.15, 0.2) is 0 Å². The molecule has 2 rings (SSSR count). The Labute approximate surface area is 114 Å². The predicted molar refractivity (Wildman–Crippen MR) is 70.9 cm³/mol. The maximum absolute atomic E-state index is 11.0. The Morgan fingerprint density at radius 3 is 2.68 bits per heavy atom. The average Bonchev–Trinajstić information content (AvgIpc) is 2.57. The molecule has 0 unspecified atom stereocenters. The van der Waals surface area contributed by atoms with Gasteiger partial charge in [-0.15, -0.1) is 0 Å². The fourth-order valence-corrected chi connectivity index (χ4v) is 2.02. The highest BCUT2D eigenvalue weighted by Crippen LogP contribution is 2.36. The number of aromatic nitrogens is 2. The molecule has 0 bridgehead atoms. The number of aryl methyl sites for hydroxylation is 3. The van der Waals surface area contributed by atoms with Gasteiger partial charge in [-0.1, -0.05) is 17.7 Å². The molecular formula is C12H12ClN3O3. The van der Waals surface area contributed by atoms with Crippen molar-refractivity contribution in [3.63, 3.8) is 0 Å². The van der Waals surface area contributed by atoms with Gasteiger partial charge in [-0.05, 0) is 31.5 Å². The molecule has 0 spiro atoms. The van der Waals surface area contributed by atoms with Gasteiger partial charge in [-0.2, -0.15) is 5.10 Å². The number of ether oxygens (including phenoxy) is 1. The summed E-state index contributed by atoms with van der Waals surface area (Å²) in [4.78, 5) is 10.5. The van der Waals surface area contributed by atoms with E-state index >= 15 is 0 Å². The lowest BCUT2D eigenvalue weighted by atomic mass is 10.2. The van der Waals surface area contributed by atoms with Crippen molar-refractivity contribution in [2.75, 3.05) is 0 Å². The van der Waals surface area contributed by atoms with E-state index in [2.05, 4.69) is 5.10 Å². The number of nitrogens with zero attached hydrogens (tertiary/aromatic N) is 3. The van der Waals surface area contributed by atoms with Crippen molar-refractivity contribution in [1.82, 2.24) is 9.78 Å². The van der Waals surface area contributed by atoms with Gasteiger partial charge in [0.2, 0.25) is 0 Å². The molecule has 0 amide bonds. The molecule has 1 aromatic carbocycles. The van der Waals surface area contributed by atoms with Crippen molar-refractivity contribution in [3.05, 3.63) is 44.6 Å². The summed E-state index contributed by atoms with van der Waals surface area (Å²) in [6.07, 6.45) is 0. The number of nitro groups is 1. The SMILES string of the molecule is Cc1ccc(Oc2c([N+](=O)[O-])c(C)nn2C)c(Cl)c1. The van der Waals surface area contributed by atoms with Gasteiger partial charge in [-0.25, -0.2) is 4.68 Å². The molecule has 7 heteroatoms. The van der Waals surface area contributed by atoms with Crippen LogP contribution in [0.1, 0.15) is 11.3 Å². The second-order valence-electron chi connectivity index (χ2n) is 4.16. The third-order valence-electron chi connectivity index (χ3n) is 2.62. The number of hydrogen-bond donors (Lipinski definition) is 0. The monoisotopic (exact) mass is 281 g/mol. The Balaban J connectivity index is 2.46. The largest absolute Gasteiger partial charge is 0.432 e. The zero-order valence-electron chi connectivity index (χ0n) is 10.7. The molecule has 0 aliphatic carbocycles. The Kier molecular flexibility index (Phi) is 3.44. The van der Waals surface area contributed by atoms with E-state index in [1.54, 1.807) is 26.1 Å². The molecule has 0 saturated heterocycles. The minimum atomic E-state index is -0.514. The van der Waals surface area contributed by atoms with Gasteiger partial charge in [0.1, 0.15) is 11.4 Å². The van der Waals surface area contributed by atoms with Crippen LogP contribution in [0.5, 0.6) is 11.6 Å². The van der Waals surface area contributed by atoms with E-state index in [9.17, 15) is 10.1 Å². The topological polar surface area (TPSA) is 70.2 Å². The Morgan fingerprint density at radius 2 is 2.11 bits per heavy atom. The fraction of sp³-hybridized carbons (Fsp3) is 0.250. The summed E-state index contributed by atoms with van der Waals surface area (Å²) in [5.74, 6) is 0.423. The maximum atomic E-state index is 11.0. The standard InChI is InChI=1S/C12H12ClN3O3/c1-7-4-5-10(9(13)6-7)19-12-11(16(17)18)8(2)14-15(12)3/h4-6H,1-3H3. The van der Waals surface area contributed by atoms with E-state index in [1.165, 1.54) is 4.68 Å². The van der Waals surface area contributed by atoms with Gasteiger partial charge >= 0.3 is 5.69 Å². The Bertz CT molecular complexity index is 652. The predicted octanol–water partition coefficient (Wildman–Crippen LogP) is 3.39. The zero-order valence-corrected chi connectivity index (χ0v) is 11.4.